The van der Waals surface area contributed by atoms with Gasteiger partial charge in [0.1, 0.15) is 11.5 Å². The van der Waals surface area contributed by atoms with Gasteiger partial charge in [-0.05, 0) is 18.2 Å². The Balaban J connectivity index is 2.11. The number of carbonyl (C=O) groups is 2. The number of hydrogen-bond donors (Lipinski definition) is 3. The number of carboxylic acids is 1. The highest BCUT2D eigenvalue weighted by atomic mass is 19.1. The van der Waals surface area contributed by atoms with E-state index in [9.17, 15) is 14.0 Å². The van der Waals surface area contributed by atoms with Crippen LogP contribution in [-0.2, 0) is 6.54 Å². The third-order valence-electron chi connectivity index (χ3n) is 2.71. The summed E-state index contributed by atoms with van der Waals surface area (Å²) in [7, 11) is 0. The summed E-state index contributed by atoms with van der Waals surface area (Å²) in [5, 5.41) is 11.2. The molecular weight excluding hydrogens is 279 g/mol. The molecule has 7 nitrogen and oxygen atoms in total. The Labute approximate surface area is 119 Å². The van der Waals surface area contributed by atoms with Gasteiger partial charge in [0.25, 0.3) is 5.91 Å². The summed E-state index contributed by atoms with van der Waals surface area (Å²) in [5.41, 5.74) is 5.24. The smallest absolute Gasteiger partial charge is 0.338 e. The van der Waals surface area contributed by atoms with Crippen molar-refractivity contribution < 1.29 is 19.1 Å². The van der Waals surface area contributed by atoms with E-state index >= 15 is 0 Å². The molecular formula is C13H13FN4O3. The lowest BCUT2D eigenvalue weighted by molar-refractivity contribution is 0.0692. The number of nitrogens with one attached hydrogen (secondary N) is 1. The number of anilines is 1. The molecule has 0 saturated heterocycles. The molecule has 0 fully saturated rings. The van der Waals surface area contributed by atoms with Gasteiger partial charge in [0.2, 0.25) is 0 Å². The number of nitrogens with zero attached hydrogens (tertiary/aromatic N) is 2. The van der Waals surface area contributed by atoms with Gasteiger partial charge >= 0.3 is 5.97 Å². The average molecular weight is 292 g/mol. The van der Waals surface area contributed by atoms with Crippen LogP contribution in [0, 0.1) is 5.82 Å². The van der Waals surface area contributed by atoms with Gasteiger partial charge in [0.15, 0.2) is 0 Å². The van der Waals surface area contributed by atoms with Crippen LogP contribution in [0.3, 0.4) is 0 Å². The third-order valence-corrected chi connectivity index (χ3v) is 2.71. The molecule has 0 saturated carbocycles. The van der Waals surface area contributed by atoms with Crippen molar-refractivity contribution in [2.75, 3.05) is 11.9 Å². The maximum absolute atomic E-state index is 13.5. The molecule has 0 aliphatic heterocycles. The number of aromatic nitrogens is 2. The monoisotopic (exact) mass is 292 g/mol. The van der Waals surface area contributed by atoms with E-state index in [2.05, 4.69) is 10.3 Å². The molecule has 0 spiro atoms. The number of aromatic carboxylic acids is 1. The molecule has 2 rings (SSSR count). The molecule has 0 aliphatic carbocycles. The third kappa shape index (κ3) is 3.42. The number of nitrogens with two attached hydrogens (primary N) is 1. The van der Waals surface area contributed by atoms with E-state index in [0.29, 0.717) is 13.1 Å². The van der Waals surface area contributed by atoms with Gasteiger partial charge in [-0.3, -0.25) is 4.79 Å². The van der Waals surface area contributed by atoms with E-state index in [0.717, 1.165) is 12.1 Å². The number of amides is 1. The Kier molecular flexibility index (Phi) is 4.29. The molecule has 8 heteroatoms. The number of carbonyl (C=O) groups excluding carboxylic acids is 1. The Hall–Kier alpha value is -2.74. The first-order valence-corrected chi connectivity index (χ1v) is 6.07. The van der Waals surface area contributed by atoms with Crippen LogP contribution in [0.15, 0.2) is 30.7 Å². The van der Waals surface area contributed by atoms with Crippen LogP contribution in [0.2, 0.25) is 0 Å². The molecule has 2 aromatic rings. The lowest BCUT2D eigenvalue weighted by atomic mass is 10.2. The number of carboxylic acid groups (broad SMARTS) is 1. The number of imidazole rings is 1. The van der Waals surface area contributed by atoms with Crippen molar-refractivity contribution >= 4 is 17.6 Å². The molecule has 0 atom stereocenters. The maximum Gasteiger partial charge on any atom is 0.338 e. The number of rotatable bonds is 5. The Morgan fingerprint density at radius 1 is 1.43 bits per heavy atom. The number of halogens is 1. The van der Waals surface area contributed by atoms with Crippen LogP contribution < -0.4 is 11.1 Å². The molecule has 0 bridgehead atoms. The summed E-state index contributed by atoms with van der Waals surface area (Å²) in [6, 6.07) is 3.33. The molecule has 0 radical (unpaired) electrons. The first-order chi connectivity index (χ1) is 10.0. The van der Waals surface area contributed by atoms with Crippen molar-refractivity contribution in [3.63, 3.8) is 0 Å². The maximum atomic E-state index is 13.5. The lowest BCUT2D eigenvalue weighted by Gasteiger charge is -2.04. The van der Waals surface area contributed by atoms with E-state index < -0.39 is 23.3 Å². The molecule has 4 N–H and O–H groups in total. The summed E-state index contributed by atoms with van der Waals surface area (Å²) in [6.07, 6.45) is 2.99. The van der Waals surface area contributed by atoms with Gasteiger partial charge in [0.05, 0.1) is 11.9 Å². The van der Waals surface area contributed by atoms with Crippen molar-refractivity contribution in [2.24, 2.45) is 5.73 Å². The van der Waals surface area contributed by atoms with Gasteiger partial charge in [0, 0.05) is 25.0 Å². The van der Waals surface area contributed by atoms with Crippen molar-refractivity contribution in [1.82, 2.24) is 9.55 Å². The van der Waals surface area contributed by atoms with Crippen LogP contribution in [0.5, 0.6) is 0 Å². The fourth-order valence-corrected chi connectivity index (χ4v) is 1.71. The largest absolute Gasteiger partial charge is 0.478 e. The van der Waals surface area contributed by atoms with Gasteiger partial charge in [-0.15, -0.1) is 0 Å². The Morgan fingerprint density at radius 2 is 2.19 bits per heavy atom. The minimum absolute atomic E-state index is 0.149. The van der Waals surface area contributed by atoms with Crippen LogP contribution >= 0.6 is 0 Å². The highest BCUT2D eigenvalue weighted by molar-refractivity contribution is 6.03. The van der Waals surface area contributed by atoms with E-state index in [1.807, 2.05) is 0 Å². The number of benzene rings is 1. The predicted octanol–water partition coefficient (Wildman–Crippen LogP) is 0.931. The second-order valence-corrected chi connectivity index (χ2v) is 4.24. The molecule has 0 aliphatic rings. The fraction of sp³-hybridized carbons (Fsp3) is 0.154. The molecule has 1 amide bonds. The zero-order chi connectivity index (χ0) is 15.4. The minimum atomic E-state index is -1.37. The normalized spacial score (nSPS) is 10.4. The average Bonchev–Trinajstić information content (AvgIpc) is 2.87. The molecule has 110 valence electrons. The standard InChI is InChI=1S/C13H13FN4O3/c14-10-5-8(1-2-9(10)13(20)21)17-12(19)11-6-18(4-3-15)7-16-11/h1-2,5-7H,3-4,15H2,(H,17,19)(H,20,21). The second kappa shape index (κ2) is 6.14. The van der Waals surface area contributed by atoms with E-state index in [1.165, 1.54) is 18.6 Å². The first-order valence-electron chi connectivity index (χ1n) is 6.07. The van der Waals surface area contributed by atoms with Crippen molar-refractivity contribution in [1.29, 1.82) is 0 Å². The van der Waals surface area contributed by atoms with E-state index in [-0.39, 0.29) is 11.4 Å². The minimum Gasteiger partial charge on any atom is -0.478 e. The molecule has 1 aromatic heterocycles. The predicted molar refractivity (Wildman–Crippen MR) is 72.6 cm³/mol. The van der Waals surface area contributed by atoms with Gasteiger partial charge in [-0.25, -0.2) is 14.2 Å². The van der Waals surface area contributed by atoms with Crippen LogP contribution in [0.25, 0.3) is 0 Å². The zero-order valence-electron chi connectivity index (χ0n) is 10.9. The van der Waals surface area contributed by atoms with Crippen LogP contribution in [-0.4, -0.2) is 33.1 Å². The summed E-state index contributed by atoms with van der Waals surface area (Å²) >= 11 is 0. The van der Waals surface area contributed by atoms with Crippen molar-refractivity contribution in [3.05, 3.63) is 47.8 Å². The summed E-state index contributed by atoms with van der Waals surface area (Å²) in [5.74, 6) is -2.81. The molecule has 21 heavy (non-hydrogen) atoms. The highest BCUT2D eigenvalue weighted by Gasteiger charge is 2.13. The van der Waals surface area contributed by atoms with Crippen LogP contribution in [0.1, 0.15) is 20.8 Å². The van der Waals surface area contributed by atoms with Crippen molar-refractivity contribution in [3.8, 4) is 0 Å². The lowest BCUT2D eigenvalue weighted by Crippen LogP contribution is -2.13. The number of hydrogen-bond acceptors (Lipinski definition) is 4. The van der Waals surface area contributed by atoms with Gasteiger partial charge in [-0.1, -0.05) is 0 Å². The molecule has 1 aromatic carbocycles. The molecule has 0 unspecified atom stereocenters. The molecule has 1 heterocycles. The van der Waals surface area contributed by atoms with Gasteiger partial charge in [-0.2, -0.15) is 0 Å². The highest BCUT2D eigenvalue weighted by Crippen LogP contribution is 2.15. The SMILES string of the molecule is NCCn1cnc(C(=O)Nc2ccc(C(=O)O)c(F)c2)c1. The summed E-state index contributed by atoms with van der Waals surface area (Å²) in [6.45, 7) is 0.946. The Bertz CT molecular complexity index is 684. The Morgan fingerprint density at radius 3 is 2.81 bits per heavy atom. The van der Waals surface area contributed by atoms with E-state index in [4.69, 9.17) is 10.8 Å². The van der Waals surface area contributed by atoms with Crippen molar-refractivity contribution in [2.45, 2.75) is 6.54 Å². The summed E-state index contributed by atoms with van der Waals surface area (Å²) in [4.78, 5) is 26.5. The van der Waals surface area contributed by atoms with Gasteiger partial charge < -0.3 is 20.7 Å². The second-order valence-electron chi connectivity index (χ2n) is 4.24. The van der Waals surface area contributed by atoms with E-state index in [1.54, 1.807) is 4.57 Å². The quantitative estimate of drug-likeness (QED) is 0.759. The topological polar surface area (TPSA) is 110 Å². The zero-order valence-corrected chi connectivity index (χ0v) is 10.9. The first kappa shape index (κ1) is 14.7. The van der Waals surface area contributed by atoms with Crippen LogP contribution in [0.4, 0.5) is 10.1 Å². The fourth-order valence-electron chi connectivity index (χ4n) is 1.71. The summed E-state index contributed by atoms with van der Waals surface area (Å²) < 4.78 is 15.1.